The molecule has 6 rings (SSSR count). The lowest BCUT2D eigenvalue weighted by Gasteiger charge is -2.15. The molecule has 0 radical (unpaired) electrons. The lowest BCUT2D eigenvalue weighted by Crippen LogP contribution is -1.98. The van der Waals surface area contributed by atoms with Crippen LogP contribution in [0.3, 0.4) is 0 Å². The molecule has 0 unspecified atom stereocenters. The summed E-state index contributed by atoms with van der Waals surface area (Å²) in [7, 11) is 0. The Labute approximate surface area is 186 Å². The number of benzene rings is 4. The zero-order chi connectivity index (χ0) is 21.3. The van der Waals surface area contributed by atoms with Crippen molar-refractivity contribution in [3.05, 3.63) is 115 Å². The van der Waals surface area contributed by atoms with E-state index < -0.39 is 0 Å². The fourth-order valence-electron chi connectivity index (χ4n) is 4.21. The predicted octanol–water partition coefficient (Wildman–Crippen LogP) is 7.18. The van der Waals surface area contributed by atoms with Crippen LogP contribution >= 0.6 is 0 Å². The highest BCUT2D eigenvalue weighted by Crippen LogP contribution is 2.39. The minimum Gasteiger partial charge on any atom is -0.254 e. The minimum atomic E-state index is 0.703. The first kappa shape index (κ1) is 18.4. The second-order valence-electron chi connectivity index (χ2n) is 7.72. The van der Waals surface area contributed by atoms with Crippen LogP contribution in [0.15, 0.2) is 115 Å². The van der Waals surface area contributed by atoms with E-state index in [0.29, 0.717) is 5.82 Å². The van der Waals surface area contributed by atoms with Gasteiger partial charge in [-0.2, -0.15) is 0 Å². The molecule has 2 heterocycles. The highest BCUT2D eigenvalue weighted by molar-refractivity contribution is 6.15. The quantitative estimate of drug-likeness (QED) is 0.291. The summed E-state index contributed by atoms with van der Waals surface area (Å²) in [4.78, 5) is 14.9. The molecule has 0 aliphatic rings. The van der Waals surface area contributed by atoms with Gasteiger partial charge in [0.1, 0.15) is 5.52 Å². The molecular formula is C29H19N3. The van der Waals surface area contributed by atoms with Crippen molar-refractivity contribution in [1.82, 2.24) is 15.0 Å². The van der Waals surface area contributed by atoms with E-state index in [1.54, 1.807) is 0 Å². The average molecular weight is 409 g/mol. The molecule has 0 atom stereocenters. The first-order valence-corrected chi connectivity index (χ1v) is 10.6. The van der Waals surface area contributed by atoms with Gasteiger partial charge < -0.3 is 0 Å². The summed E-state index contributed by atoms with van der Waals surface area (Å²) in [5, 5.41) is 2.09. The van der Waals surface area contributed by atoms with Gasteiger partial charge in [-0.3, -0.25) is 4.98 Å². The summed E-state index contributed by atoms with van der Waals surface area (Å²) < 4.78 is 0. The fraction of sp³-hybridized carbons (Fsp3) is 0. The highest BCUT2D eigenvalue weighted by atomic mass is 14.9. The summed E-state index contributed by atoms with van der Waals surface area (Å²) in [6.07, 6.45) is 1.83. The minimum absolute atomic E-state index is 0.703. The molecule has 3 nitrogen and oxygen atoms in total. The Hall–Kier alpha value is -4.37. The third kappa shape index (κ3) is 3.12. The Morgan fingerprint density at radius 2 is 1.12 bits per heavy atom. The van der Waals surface area contributed by atoms with E-state index in [9.17, 15) is 0 Å². The maximum absolute atomic E-state index is 5.10. The van der Waals surface area contributed by atoms with Crippen LogP contribution in [0.2, 0.25) is 0 Å². The van der Waals surface area contributed by atoms with Gasteiger partial charge >= 0.3 is 0 Å². The summed E-state index contributed by atoms with van der Waals surface area (Å²) >= 11 is 0. The van der Waals surface area contributed by atoms with E-state index in [1.807, 2.05) is 66.9 Å². The molecule has 0 aliphatic carbocycles. The molecule has 0 fully saturated rings. The summed E-state index contributed by atoms with van der Waals surface area (Å²) in [5.74, 6) is 0.703. The Kier molecular flexibility index (Phi) is 4.43. The van der Waals surface area contributed by atoms with Crippen LogP contribution in [0, 0.1) is 0 Å². The lowest BCUT2D eigenvalue weighted by molar-refractivity contribution is 1.23. The van der Waals surface area contributed by atoms with Crippen LogP contribution < -0.4 is 0 Å². The number of fused-ring (bicyclic) bond motifs is 3. The number of pyridine rings is 1. The average Bonchev–Trinajstić information content (AvgIpc) is 2.89. The molecule has 150 valence electrons. The maximum atomic E-state index is 5.10. The fourth-order valence-corrected chi connectivity index (χ4v) is 4.21. The third-order valence-electron chi connectivity index (χ3n) is 5.71. The topological polar surface area (TPSA) is 38.7 Å². The van der Waals surface area contributed by atoms with Gasteiger partial charge in [-0.25, -0.2) is 9.97 Å². The van der Waals surface area contributed by atoms with Crippen molar-refractivity contribution in [1.29, 1.82) is 0 Å². The second-order valence-corrected chi connectivity index (χ2v) is 7.72. The number of aromatic nitrogens is 3. The van der Waals surface area contributed by atoms with Crippen molar-refractivity contribution >= 4 is 21.8 Å². The van der Waals surface area contributed by atoms with Gasteiger partial charge in [0, 0.05) is 28.1 Å². The number of rotatable bonds is 3. The molecule has 4 aromatic carbocycles. The first-order chi connectivity index (χ1) is 15.9. The third-order valence-corrected chi connectivity index (χ3v) is 5.71. The maximum Gasteiger partial charge on any atom is 0.160 e. The largest absolute Gasteiger partial charge is 0.254 e. The van der Waals surface area contributed by atoms with E-state index in [2.05, 4.69) is 48.5 Å². The normalized spacial score (nSPS) is 11.1. The van der Waals surface area contributed by atoms with E-state index in [0.717, 1.165) is 49.8 Å². The van der Waals surface area contributed by atoms with Gasteiger partial charge in [0.05, 0.1) is 11.2 Å². The monoisotopic (exact) mass is 409 g/mol. The molecule has 0 aliphatic heterocycles. The van der Waals surface area contributed by atoms with Crippen LogP contribution in [0.4, 0.5) is 0 Å². The summed E-state index contributed by atoms with van der Waals surface area (Å²) in [6, 6.07) is 37.2. The Balaban J connectivity index is 1.81. The van der Waals surface area contributed by atoms with Gasteiger partial charge in [0.15, 0.2) is 5.82 Å². The number of nitrogens with zero attached hydrogens (tertiary/aromatic N) is 3. The van der Waals surface area contributed by atoms with E-state index in [4.69, 9.17) is 15.0 Å². The van der Waals surface area contributed by atoms with E-state index >= 15 is 0 Å². The summed E-state index contributed by atoms with van der Waals surface area (Å²) in [6.45, 7) is 0. The molecule has 2 aromatic heterocycles. The van der Waals surface area contributed by atoms with Gasteiger partial charge in [0.25, 0.3) is 0 Å². The lowest BCUT2D eigenvalue weighted by atomic mass is 9.94. The van der Waals surface area contributed by atoms with Crippen LogP contribution in [-0.4, -0.2) is 15.0 Å². The van der Waals surface area contributed by atoms with Crippen LogP contribution in [0.25, 0.3) is 55.6 Å². The molecule has 0 bridgehead atoms. The molecular weight excluding hydrogens is 390 g/mol. The molecule has 0 saturated heterocycles. The standard InChI is InChI=1S/C29H19N3/c1-4-11-20(12-5-1)24-19-23-17-10-18-30-27(23)28-25(24)26(21-13-6-2-7-14-21)31-29(32-28)22-15-8-3-9-16-22/h1-19H. The first-order valence-electron chi connectivity index (χ1n) is 10.6. The van der Waals surface area contributed by atoms with Crippen molar-refractivity contribution in [3.8, 4) is 33.8 Å². The Bertz CT molecular complexity index is 1540. The molecule has 0 saturated carbocycles. The molecule has 0 spiro atoms. The molecule has 0 N–H and O–H groups in total. The summed E-state index contributed by atoms with van der Waals surface area (Å²) in [5.41, 5.74) is 6.97. The van der Waals surface area contributed by atoms with E-state index in [1.165, 1.54) is 0 Å². The van der Waals surface area contributed by atoms with Crippen molar-refractivity contribution in [2.75, 3.05) is 0 Å². The zero-order valence-corrected chi connectivity index (χ0v) is 17.3. The second kappa shape index (κ2) is 7.71. The predicted molar refractivity (Wildman–Crippen MR) is 131 cm³/mol. The van der Waals surface area contributed by atoms with Crippen LogP contribution in [0.1, 0.15) is 0 Å². The SMILES string of the molecule is c1ccc(-c2nc(-c3ccccc3)c3c(-c4ccccc4)cc4cccnc4c3n2)cc1. The highest BCUT2D eigenvalue weighted by Gasteiger charge is 2.18. The van der Waals surface area contributed by atoms with Crippen LogP contribution in [-0.2, 0) is 0 Å². The zero-order valence-electron chi connectivity index (χ0n) is 17.3. The molecule has 3 heteroatoms. The molecule has 32 heavy (non-hydrogen) atoms. The van der Waals surface area contributed by atoms with Crippen molar-refractivity contribution in [3.63, 3.8) is 0 Å². The molecule has 6 aromatic rings. The van der Waals surface area contributed by atoms with Gasteiger partial charge in [-0.1, -0.05) is 97.1 Å². The number of hydrogen-bond acceptors (Lipinski definition) is 3. The Morgan fingerprint density at radius 1 is 0.500 bits per heavy atom. The number of hydrogen-bond donors (Lipinski definition) is 0. The van der Waals surface area contributed by atoms with Gasteiger partial charge in [-0.15, -0.1) is 0 Å². The van der Waals surface area contributed by atoms with Crippen molar-refractivity contribution < 1.29 is 0 Å². The van der Waals surface area contributed by atoms with E-state index in [-0.39, 0.29) is 0 Å². The van der Waals surface area contributed by atoms with Gasteiger partial charge in [-0.05, 0) is 23.3 Å². The van der Waals surface area contributed by atoms with Crippen LogP contribution in [0.5, 0.6) is 0 Å². The Morgan fingerprint density at radius 3 is 1.81 bits per heavy atom. The van der Waals surface area contributed by atoms with Crippen molar-refractivity contribution in [2.45, 2.75) is 0 Å². The smallest absolute Gasteiger partial charge is 0.160 e. The van der Waals surface area contributed by atoms with Gasteiger partial charge in [0.2, 0.25) is 0 Å². The molecule has 0 amide bonds. The van der Waals surface area contributed by atoms with Crippen molar-refractivity contribution in [2.24, 2.45) is 0 Å².